The summed E-state index contributed by atoms with van der Waals surface area (Å²) in [6.45, 7) is 0. The van der Waals surface area contributed by atoms with Crippen molar-refractivity contribution in [3.63, 3.8) is 0 Å². The Morgan fingerprint density at radius 1 is 1.28 bits per heavy atom. The van der Waals surface area contributed by atoms with Crippen molar-refractivity contribution in [3.8, 4) is 5.75 Å². The minimum atomic E-state index is 0.431. The minimum absolute atomic E-state index is 0.431. The number of methoxy groups -OCH3 is 1. The van der Waals surface area contributed by atoms with Crippen molar-refractivity contribution < 1.29 is 4.74 Å². The van der Waals surface area contributed by atoms with Gasteiger partial charge in [-0.2, -0.15) is 0 Å². The van der Waals surface area contributed by atoms with Crippen molar-refractivity contribution in [2.75, 3.05) is 17.9 Å². The van der Waals surface area contributed by atoms with Gasteiger partial charge in [0, 0.05) is 9.26 Å². The van der Waals surface area contributed by atoms with Gasteiger partial charge in [-0.15, -0.1) is 0 Å². The van der Waals surface area contributed by atoms with Gasteiger partial charge in [0.25, 0.3) is 0 Å². The SMILES string of the molecule is COc1c(NN)ncnc1Nc1cccc(I)c1. The Morgan fingerprint density at radius 2 is 2.06 bits per heavy atom. The fourth-order valence-electron chi connectivity index (χ4n) is 1.46. The molecule has 94 valence electrons. The number of hydrogen-bond acceptors (Lipinski definition) is 6. The lowest BCUT2D eigenvalue weighted by Crippen LogP contribution is -2.11. The van der Waals surface area contributed by atoms with Crippen molar-refractivity contribution >= 4 is 39.9 Å². The maximum Gasteiger partial charge on any atom is 0.205 e. The van der Waals surface area contributed by atoms with Gasteiger partial charge < -0.3 is 15.5 Å². The Morgan fingerprint density at radius 3 is 2.72 bits per heavy atom. The normalized spacial score (nSPS) is 9.94. The lowest BCUT2D eigenvalue weighted by atomic mass is 10.3. The molecule has 4 N–H and O–H groups in total. The molecular weight excluding hydrogens is 345 g/mol. The van der Waals surface area contributed by atoms with Crippen molar-refractivity contribution in [3.05, 3.63) is 34.2 Å². The standard InChI is InChI=1S/C11H12IN5O/c1-18-9-10(14-6-15-11(9)17-13)16-8-4-2-3-7(12)5-8/h2-6H,13H2,1H3,(H2,14,15,16,17). The van der Waals surface area contributed by atoms with Gasteiger partial charge in [0.05, 0.1) is 7.11 Å². The highest BCUT2D eigenvalue weighted by Crippen LogP contribution is 2.30. The van der Waals surface area contributed by atoms with Crippen LogP contribution in [0.25, 0.3) is 0 Å². The highest BCUT2D eigenvalue weighted by molar-refractivity contribution is 14.1. The summed E-state index contributed by atoms with van der Waals surface area (Å²) in [6.07, 6.45) is 1.41. The van der Waals surface area contributed by atoms with E-state index in [0.717, 1.165) is 9.26 Å². The summed E-state index contributed by atoms with van der Waals surface area (Å²) in [5.41, 5.74) is 3.38. The molecule has 0 spiro atoms. The van der Waals surface area contributed by atoms with Crippen LogP contribution in [0.1, 0.15) is 0 Å². The molecule has 0 atom stereocenters. The molecule has 0 saturated carbocycles. The van der Waals surface area contributed by atoms with Crippen LogP contribution in [0.15, 0.2) is 30.6 Å². The van der Waals surface area contributed by atoms with Gasteiger partial charge in [-0.05, 0) is 40.8 Å². The predicted octanol–water partition coefficient (Wildman–Crippen LogP) is 2.12. The van der Waals surface area contributed by atoms with Crippen molar-refractivity contribution in [2.45, 2.75) is 0 Å². The van der Waals surface area contributed by atoms with E-state index in [9.17, 15) is 0 Å². The van der Waals surface area contributed by atoms with Crippen LogP contribution < -0.4 is 21.3 Å². The molecule has 6 nitrogen and oxygen atoms in total. The Bertz CT molecular complexity index is 549. The first-order chi connectivity index (χ1) is 8.74. The number of nitrogens with two attached hydrogens (primary N) is 1. The number of nitrogens with one attached hydrogen (secondary N) is 2. The molecule has 2 aromatic rings. The van der Waals surface area contributed by atoms with Crippen LogP contribution in [-0.2, 0) is 0 Å². The highest BCUT2D eigenvalue weighted by atomic mass is 127. The van der Waals surface area contributed by atoms with Gasteiger partial charge in [-0.1, -0.05) is 6.07 Å². The molecule has 0 aliphatic carbocycles. The molecule has 1 heterocycles. The van der Waals surface area contributed by atoms with E-state index in [0.29, 0.717) is 17.4 Å². The number of ether oxygens (including phenoxy) is 1. The second-order valence-corrected chi connectivity index (χ2v) is 4.63. The van der Waals surface area contributed by atoms with E-state index < -0.39 is 0 Å². The van der Waals surface area contributed by atoms with Crippen LogP contribution in [0.4, 0.5) is 17.3 Å². The molecule has 0 fully saturated rings. The molecule has 1 aromatic heterocycles. The van der Waals surface area contributed by atoms with Gasteiger partial charge in [0.2, 0.25) is 5.75 Å². The quantitative estimate of drug-likeness (QED) is 0.442. The molecule has 0 aliphatic rings. The smallest absolute Gasteiger partial charge is 0.205 e. The number of benzene rings is 1. The van der Waals surface area contributed by atoms with E-state index >= 15 is 0 Å². The zero-order valence-electron chi connectivity index (χ0n) is 9.64. The zero-order chi connectivity index (χ0) is 13.0. The molecule has 2 rings (SSSR count). The van der Waals surface area contributed by atoms with Crippen LogP contribution in [-0.4, -0.2) is 17.1 Å². The molecule has 0 bridgehead atoms. The highest BCUT2D eigenvalue weighted by Gasteiger charge is 2.11. The van der Waals surface area contributed by atoms with E-state index in [1.165, 1.54) is 6.33 Å². The van der Waals surface area contributed by atoms with Crippen molar-refractivity contribution in [1.29, 1.82) is 0 Å². The zero-order valence-corrected chi connectivity index (χ0v) is 11.8. The van der Waals surface area contributed by atoms with E-state index in [4.69, 9.17) is 10.6 Å². The van der Waals surface area contributed by atoms with Gasteiger partial charge in [-0.25, -0.2) is 15.8 Å². The van der Waals surface area contributed by atoms with E-state index in [-0.39, 0.29) is 0 Å². The Labute approximate surface area is 118 Å². The second-order valence-electron chi connectivity index (χ2n) is 3.38. The number of nitrogens with zero attached hydrogens (tertiary/aromatic N) is 2. The molecule has 0 radical (unpaired) electrons. The molecule has 0 unspecified atom stereocenters. The fourth-order valence-corrected chi connectivity index (χ4v) is 2.01. The molecule has 7 heteroatoms. The van der Waals surface area contributed by atoms with E-state index in [2.05, 4.69) is 43.3 Å². The van der Waals surface area contributed by atoms with Crippen LogP contribution in [0, 0.1) is 3.57 Å². The number of nitrogen functional groups attached to an aromatic ring is 1. The lowest BCUT2D eigenvalue weighted by Gasteiger charge is -2.12. The number of anilines is 3. The average molecular weight is 357 g/mol. The monoisotopic (exact) mass is 357 g/mol. The van der Waals surface area contributed by atoms with Crippen LogP contribution in [0.5, 0.6) is 5.75 Å². The Kier molecular flexibility index (Phi) is 4.15. The summed E-state index contributed by atoms with van der Waals surface area (Å²) in [5.74, 6) is 6.82. The van der Waals surface area contributed by atoms with Crippen LogP contribution in [0.2, 0.25) is 0 Å². The average Bonchev–Trinajstić information content (AvgIpc) is 2.38. The van der Waals surface area contributed by atoms with Crippen LogP contribution in [0.3, 0.4) is 0 Å². The Balaban J connectivity index is 2.34. The number of halogens is 1. The van der Waals surface area contributed by atoms with Gasteiger partial charge in [0.15, 0.2) is 11.6 Å². The van der Waals surface area contributed by atoms with Gasteiger partial charge in [-0.3, -0.25) is 0 Å². The lowest BCUT2D eigenvalue weighted by molar-refractivity contribution is 0.415. The number of hydrogen-bond donors (Lipinski definition) is 3. The second kappa shape index (κ2) is 5.83. The molecule has 0 amide bonds. The minimum Gasteiger partial charge on any atom is -0.490 e. The van der Waals surface area contributed by atoms with Crippen molar-refractivity contribution in [1.82, 2.24) is 9.97 Å². The topological polar surface area (TPSA) is 85.1 Å². The predicted molar refractivity (Wildman–Crippen MR) is 78.8 cm³/mol. The molecule has 1 aromatic carbocycles. The molecule has 0 aliphatic heterocycles. The van der Waals surface area contributed by atoms with E-state index in [1.54, 1.807) is 7.11 Å². The first-order valence-corrected chi connectivity index (χ1v) is 6.20. The van der Waals surface area contributed by atoms with Gasteiger partial charge in [0.1, 0.15) is 6.33 Å². The maximum atomic E-state index is 5.36. The van der Waals surface area contributed by atoms with Crippen molar-refractivity contribution in [2.24, 2.45) is 5.84 Å². The molecule has 18 heavy (non-hydrogen) atoms. The largest absolute Gasteiger partial charge is 0.490 e. The number of hydrazine groups is 1. The third-order valence-corrected chi connectivity index (χ3v) is 2.90. The third-order valence-electron chi connectivity index (χ3n) is 2.23. The third kappa shape index (κ3) is 2.79. The summed E-state index contributed by atoms with van der Waals surface area (Å²) in [4.78, 5) is 8.11. The summed E-state index contributed by atoms with van der Waals surface area (Å²) < 4.78 is 6.37. The van der Waals surface area contributed by atoms with E-state index in [1.807, 2.05) is 24.3 Å². The fraction of sp³-hybridized carbons (Fsp3) is 0.0909. The van der Waals surface area contributed by atoms with Gasteiger partial charge >= 0.3 is 0 Å². The molecular formula is C11H12IN5O. The number of aromatic nitrogens is 2. The summed E-state index contributed by atoms with van der Waals surface area (Å²) in [5, 5.41) is 3.16. The summed E-state index contributed by atoms with van der Waals surface area (Å²) >= 11 is 2.24. The Hall–Kier alpha value is -1.61. The number of rotatable bonds is 4. The maximum absolute atomic E-state index is 5.36. The summed E-state index contributed by atoms with van der Waals surface area (Å²) in [6, 6.07) is 7.91. The first-order valence-electron chi connectivity index (χ1n) is 5.13. The van der Waals surface area contributed by atoms with Crippen LogP contribution >= 0.6 is 22.6 Å². The molecule has 0 saturated heterocycles. The first kappa shape index (κ1) is 12.8. The summed E-state index contributed by atoms with van der Waals surface area (Å²) in [7, 11) is 1.54.